The van der Waals surface area contributed by atoms with Crippen molar-refractivity contribution in [3.8, 4) is 17.2 Å². The third-order valence-electron chi connectivity index (χ3n) is 5.01. The largest absolute Gasteiger partial charge is 0.586 e. The fourth-order valence-corrected chi connectivity index (χ4v) is 3.28. The highest BCUT2D eigenvalue weighted by Crippen LogP contribution is 2.42. The Hall–Kier alpha value is -4.32. The molecular formula is C24H19F3N4O5. The summed E-state index contributed by atoms with van der Waals surface area (Å²) in [5, 5.41) is 7.61. The van der Waals surface area contributed by atoms with Crippen molar-refractivity contribution in [1.29, 1.82) is 0 Å². The maximum Gasteiger partial charge on any atom is 0.586 e. The number of oxazole rings is 1. The molecule has 4 aromatic rings. The van der Waals surface area contributed by atoms with Gasteiger partial charge in [-0.05, 0) is 29.8 Å². The Morgan fingerprint density at radius 2 is 1.83 bits per heavy atom. The van der Waals surface area contributed by atoms with E-state index in [4.69, 9.17) is 13.9 Å². The number of nitrogens with zero attached hydrogens (tertiary/aromatic N) is 4. The lowest BCUT2D eigenvalue weighted by Gasteiger charge is -2.07. The molecule has 0 N–H and O–H groups in total. The van der Waals surface area contributed by atoms with Gasteiger partial charge in [0.25, 0.3) is 0 Å². The fraction of sp³-hybridized carbons (Fsp3) is 0.208. The molecule has 5 rings (SSSR count). The molecule has 0 saturated carbocycles. The van der Waals surface area contributed by atoms with Gasteiger partial charge < -0.3 is 23.4 Å². The van der Waals surface area contributed by atoms with Gasteiger partial charge in [-0.2, -0.15) is 0 Å². The van der Waals surface area contributed by atoms with E-state index in [-0.39, 0.29) is 29.6 Å². The molecule has 0 unspecified atom stereocenters. The molecule has 12 heteroatoms. The number of halogens is 3. The second kappa shape index (κ2) is 10.1. The highest BCUT2D eigenvalue weighted by atomic mass is 19.3. The van der Waals surface area contributed by atoms with Crippen molar-refractivity contribution in [2.75, 3.05) is 6.61 Å². The molecule has 186 valence electrons. The van der Waals surface area contributed by atoms with E-state index in [2.05, 4.69) is 24.8 Å². The molecule has 2 aromatic carbocycles. The van der Waals surface area contributed by atoms with Gasteiger partial charge in [0.2, 0.25) is 5.89 Å². The first kappa shape index (κ1) is 23.4. The summed E-state index contributed by atoms with van der Waals surface area (Å²) in [6, 6.07) is 9.39. The van der Waals surface area contributed by atoms with Gasteiger partial charge in [0.05, 0.1) is 26.0 Å². The second-order valence-electron chi connectivity index (χ2n) is 7.65. The molecule has 0 saturated heterocycles. The summed E-state index contributed by atoms with van der Waals surface area (Å²) < 4.78 is 67.4. The number of rotatable bonds is 10. The van der Waals surface area contributed by atoms with Gasteiger partial charge in [0, 0.05) is 23.9 Å². The zero-order valence-electron chi connectivity index (χ0n) is 18.6. The van der Waals surface area contributed by atoms with E-state index < -0.39 is 12.1 Å². The number of alkyl halides is 2. The van der Waals surface area contributed by atoms with Crippen LogP contribution in [0.25, 0.3) is 12.2 Å². The lowest BCUT2D eigenvalue weighted by Crippen LogP contribution is -2.25. The third-order valence-corrected chi connectivity index (χ3v) is 5.01. The molecule has 2 aromatic heterocycles. The topological polar surface area (TPSA) is 93.7 Å². The average molecular weight is 500 g/mol. The molecule has 36 heavy (non-hydrogen) atoms. The van der Waals surface area contributed by atoms with E-state index in [0.717, 1.165) is 17.7 Å². The summed E-state index contributed by atoms with van der Waals surface area (Å²) in [5.74, 6) is -0.554. The molecule has 1 aliphatic heterocycles. The summed E-state index contributed by atoms with van der Waals surface area (Å²) >= 11 is 0. The summed E-state index contributed by atoms with van der Waals surface area (Å²) in [6.07, 6.45) is 3.72. The molecule has 0 atom stereocenters. The minimum atomic E-state index is -3.82. The van der Waals surface area contributed by atoms with Crippen molar-refractivity contribution in [3.05, 3.63) is 83.6 Å². The lowest BCUT2D eigenvalue weighted by molar-refractivity contribution is -0.286. The van der Waals surface area contributed by atoms with Crippen LogP contribution in [0.4, 0.5) is 13.2 Å². The van der Waals surface area contributed by atoms with Crippen LogP contribution in [0.3, 0.4) is 0 Å². The summed E-state index contributed by atoms with van der Waals surface area (Å²) in [5.41, 5.74) is 1.52. The maximum absolute atomic E-state index is 14.2. The highest BCUT2D eigenvalue weighted by molar-refractivity contribution is 5.68. The first-order chi connectivity index (χ1) is 17.4. The molecule has 0 spiro atoms. The minimum absolute atomic E-state index is 0.00788. The van der Waals surface area contributed by atoms with Crippen molar-refractivity contribution < 1.29 is 36.5 Å². The van der Waals surface area contributed by atoms with Gasteiger partial charge >= 0.3 is 6.29 Å². The van der Waals surface area contributed by atoms with Crippen LogP contribution in [0.5, 0.6) is 17.2 Å². The van der Waals surface area contributed by atoms with Crippen LogP contribution in [0.1, 0.15) is 22.7 Å². The number of aromatic nitrogens is 4. The van der Waals surface area contributed by atoms with Crippen molar-refractivity contribution in [2.45, 2.75) is 26.1 Å². The number of benzene rings is 2. The average Bonchev–Trinajstić information content (AvgIpc) is 3.59. The molecule has 1 aliphatic rings. The van der Waals surface area contributed by atoms with E-state index >= 15 is 0 Å². The van der Waals surface area contributed by atoms with Crippen LogP contribution < -0.4 is 14.2 Å². The van der Waals surface area contributed by atoms with Gasteiger partial charge in [0.1, 0.15) is 30.1 Å². The van der Waals surface area contributed by atoms with E-state index in [1.54, 1.807) is 17.1 Å². The number of hydrogen-bond acceptors (Lipinski definition) is 8. The van der Waals surface area contributed by atoms with Gasteiger partial charge in [-0.3, -0.25) is 4.68 Å². The Balaban J connectivity index is 1.10. The van der Waals surface area contributed by atoms with Crippen LogP contribution in [0.2, 0.25) is 0 Å². The molecular weight excluding hydrogens is 481 g/mol. The lowest BCUT2D eigenvalue weighted by atomic mass is 10.1. The maximum atomic E-state index is 14.2. The van der Waals surface area contributed by atoms with Crippen LogP contribution >= 0.6 is 0 Å². The zero-order valence-corrected chi connectivity index (χ0v) is 18.6. The molecule has 0 aliphatic carbocycles. The minimum Gasteiger partial charge on any atom is -0.487 e. The predicted octanol–water partition coefficient (Wildman–Crippen LogP) is 4.69. The Labute approximate surface area is 202 Å². The Morgan fingerprint density at radius 1 is 1.03 bits per heavy atom. The Kier molecular flexibility index (Phi) is 6.58. The molecule has 0 fully saturated rings. The summed E-state index contributed by atoms with van der Waals surface area (Å²) in [7, 11) is 0. The van der Waals surface area contributed by atoms with Crippen LogP contribution in [-0.2, 0) is 24.5 Å². The first-order valence-electron chi connectivity index (χ1n) is 10.8. The van der Waals surface area contributed by atoms with E-state index in [9.17, 15) is 13.2 Å². The monoisotopic (exact) mass is 500 g/mol. The normalized spacial score (nSPS) is 14.0. The third kappa shape index (κ3) is 5.84. The van der Waals surface area contributed by atoms with Crippen molar-refractivity contribution in [1.82, 2.24) is 20.0 Å². The molecule has 0 radical (unpaired) electrons. The fourth-order valence-electron chi connectivity index (χ4n) is 3.28. The number of ether oxygens (including phenoxy) is 4. The standard InChI is InChI=1S/C24H19F3N4O5/c25-20-12-22-21(35-24(26,27)36-22)11-17(20)3-6-23-29-18(15-34-23)14-33-19-4-1-16(2-5-19)13-32-10-9-31-8-7-28-30-31/h1-8,11-12,15H,9-10,13-14H2/b6-3+. The molecule has 9 nitrogen and oxygen atoms in total. The smallest absolute Gasteiger partial charge is 0.487 e. The van der Waals surface area contributed by atoms with Crippen LogP contribution in [0, 0.1) is 5.82 Å². The van der Waals surface area contributed by atoms with Gasteiger partial charge in [-0.15, -0.1) is 13.9 Å². The van der Waals surface area contributed by atoms with Crippen LogP contribution in [0.15, 0.2) is 59.5 Å². The molecule has 0 bridgehead atoms. The van der Waals surface area contributed by atoms with E-state index in [1.807, 2.05) is 24.3 Å². The quantitative estimate of drug-likeness (QED) is 0.290. The van der Waals surface area contributed by atoms with E-state index in [0.29, 0.717) is 31.2 Å². The second-order valence-corrected chi connectivity index (χ2v) is 7.65. The van der Waals surface area contributed by atoms with Crippen molar-refractivity contribution in [3.63, 3.8) is 0 Å². The van der Waals surface area contributed by atoms with Crippen molar-refractivity contribution in [2.24, 2.45) is 0 Å². The predicted molar refractivity (Wildman–Crippen MR) is 118 cm³/mol. The summed E-state index contributed by atoms with van der Waals surface area (Å²) in [6.45, 7) is 1.75. The van der Waals surface area contributed by atoms with Crippen molar-refractivity contribution >= 4 is 12.2 Å². The molecule has 3 heterocycles. The van der Waals surface area contributed by atoms with E-state index in [1.165, 1.54) is 18.4 Å². The van der Waals surface area contributed by atoms with Gasteiger partial charge in [0.15, 0.2) is 11.5 Å². The zero-order chi connectivity index (χ0) is 25.0. The molecule has 0 amide bonds. The Morgan fingerprint density at radius 3 is 2.61 bits per heavy atom. The number of fused-ring (bicyclic) bond motifs is 1. The SMILES string of the molecule is Fc1cc2c(cc1/C=C/c1nc(COc3ccc(COCCn4ccnn4)cc3)co1)OC(F)(F)O2. The number of hydrogen-bond donors (Lipinski definition) is 0. The summed E-state index contributed by atoms with van der Waals surface area (Å²) in [4.78, 5) is 4.25. The first-order valence-corrected chi connectivity index (χ1v) is 10.8. The van der Waals surface area contributed by atoms with Gasteiger partial charge in [-0.25, -0.2) is 9.37 Å². The Bertz CT molecular complexity index is 1340. The van der Waals surface area contributed by atoms with Gasteiger partial charge in [-0.1, -0.05) is 17.3 Å². The highest BCUT2D eigenvalue weighted by Gasteiger charge is 2.43. The van der Waals surface area contributed by atoms with Crippen LogP contribution in [-0.4, -0.2) is 32.9 Å².